The maximum absolute atomic E-state index is 11.0. The van der Waals surface area contributed by atoms with Crippen molar-refractivity contribution in [2.75, 3.05) is 5.06 Å². The van der Waals surface area contributed by atoms with E-state index in [-0.39, 0.29) is 23.5 Å². The average molecular weight is 431 g/mol. The fraction of sp³-hybridized carbons (Fsp3) is 0.167. The zero-order valence-corrected chi connectivity index (χ0v) is 17.1. The third-order valence-electron chi connectivity index (χ3n) is 5.32. The molecule has 0 unspecified atom stereocenters. The summed E-state index contributed by atoms with van der Waals surface area (Å²) in [5.74, 6) is 0. The summed E-state index contributed by atoms with van der Waals surface area (Å²) in [4.78, 5) is 27.2. The van der Waals surface area contributed by atoms with E-state index in [0.29, 0.717) is 12.8 Å². The zero-order valence-electron chi connectivity index (χ0n) is 17.1. The van der Waals surface area contributed by atoms with E-state index in [1.807, 2.05) is 42.5 Å². The Morgan fingerprint density at radius 2 is 1.47 bits per heavy atom. The van der Waals surface area contributed by atoms with Crippen molar-refractivity contribution in [1.29, 1.82) is 0 Å². The number of nitro benzene ring substituents is 2. The van der Waals surface area contributed by atoms with E-state index in [1.165, 1.54) is 24.3 Å². The van der Waals surface area contributed by atoms with E-state index in [1.54, 1.807) is 29.3 Å². The molecule has 2 atom stereocenters. The van der Waals surface area contributed by atoms with Gasteiger partial charge in [-0.2, -0.15) is 0 Å². The number of rotatable bonds is 7. The molecule has 0 radical (unpaired) electrons. The first kappa shape index (κ1) is 21.2. The molecule has 0 bridgehead atoms. The summed E-state index contributed by atoms with van der Waals surface area (Å²) in [5, 5.41) is 23.7. The Bertz CT molecular complexity index is 1110. The van der Waals surface area contributed by atoms with Crippen molar-refractivity contribution >= 4 is 23.1 Å². The van der Waals surface area contributed by atoms with Crippen LogP contribution >= 0.6 is 0 Å². The van der Waals surface area contributed by atoms with Crippen LogP contribution in [-0.4, -0.2) is 22.0 Å². The molecule has 1 aliphatic heterocycles. The minimum atomic E-state index is -0.436. The van der Waals surface area contributed by atoms with Crippen LogP contribution in [0.4, 0.5) is 17.1 Å². The first-order valence-corrected chi connectivity index (χ1v) is 10.2. The standard InChI is InChI=1S/C24H21N3O5/c28-26(29)21-9-6-19(7-10-21)16-23-17-24(15-8-18-4-2-1-3-5-18)32-25(23)20-11-13-22(14-12-20)27(30)31/h1-15,23-24H,16-17H2/b15-8+/t23-,24+/m0/s1. The van der Waals surface area contributed by atoms with Gasteiger partial charge in [0.05, 0.1) is 21.6 Å². The van der Waals surface area contributed by atoms with Gasteiger partial charge in [-0.1, -0.05) is 54.6 Å². The molecule has 0 spiro atoms. The van der Waals surface area contributed by atoms with E-state index in [0.717, 1.165) is 16.8 Å². The highest BCUT2D eigenvalue weighted by atomic mass is 16.7. The normalized spacial score (nSPS) is 18.2. The molecule has 4 rings (SSSR count). The summed E-state index contributed by atoms with van der Waals surface area (Å²) >= 11 is 0. The minimum absolute atomic E-state index is 0.0142. The molecule has 8 heteroatoms. The molecule has 0 saturated carbocycles. The van der Waals surface area contributed by atoms with Gasteiger partial charge >= 0.3 is 0 Å². The zero-order chi connectivity index (χ0) is 22.5. The summed E-state index contributed by atoms with van der Waals surface area (Å²) in [6.07, 6.45) is 5.16. The fourth-order valence-electron chi connectivity index (χ4n) is 3.72. The monoisotopic (exact) mass is 431 g/mol. The fourth-order valence-corrected chi connectivity index (χ4v) is 3.72. The number of hydrogen-bond donors (Lipinski definition) is 0. The van der Waals surface area contributed by atoms with Crippen molar-refractivity contribution in [1.82, 2.24) is 0 Å². The molecule has 1 saturated heterocycles. The Morgan fingerprint density at radius 1 is 0.875 bits per heavy atom. The molecule has 1 aliphatic rings. The lowest BCUT2D eigenvalue weighted by Gasteiger charge is -2.24. The Hall–Kier alpha value is -4.04. The minimum Gasteiger partial charge on any atom is -0.266 e. The topological polar surface area (TPSA) is 98.8 Å². The highest BCUT2D eigenvalue weighted by molar-refractivity contribution is 5.52. The molecule has 0 aromatic heterocycles. The number of hydroxylamine groups is 1. The predicted molar refractivity (Wildman–Crippen MR) is 121 cm³/mol. The third-order valence-corrected chi connectivity index (χ3v) is 5.32. The number of hydrogen-bond acceptors (Lipinski definition) is 6. The second kappa shape index (κ2) is 9.40. The molecular formula is C24H21N3O5. The summed E-state index contributed by atoms with van der Waals surface area (Å²) in [6.45, 7) is 0. The van der Waals surface area contributed by atoms with Gasteiger partial charge in [0.25, 0.3) is 11.4 Å². The van der Waals surface area contributed by atoms with Gasteiger partial charge in [0, 0.05) is 30.7 Å². The quantitative estimate of drug-likeness (QED) is 0.370. The second-order valence-corrected chi connectivity index (χ2v) is 7.53. The van der Waals surface area contributed by atoms with E-state index < -0.39 is 9.85 Å². The van der Waals surface area contributed by atoms with Gasteiger partial charge in [-0.05, 0) is 29.7 Å². The summed E-state index contributed by atoms with van der Waals surface area (Å²) in [5.41, 5.74) is 2.80. The van der Waals surface area contributed by atoms with Crippen LogP contribution in [0, 0.1) is 20.2 Å². The summed E-state index contributed by atoms with van der Waals surface area (Å²) < 4.78 is 0. The molecule has 32 heavy (non-hydrogen) atoms. The van der Waals surface area contributed by atoms with Crippen LogP contribution in [0.25, 0.3) is 6.08 Å². The highest BCUT2D eigenvalue weighted by Crippen LogP contribution is 2.32. The largest absolute Gasteiger partial charge is 0.269 e. The van der Waals surface area contributed by atoms with Crippen LogP contribution < -0.4 is 5.06 Å². The predicted octanol–water partition coefficient (Wildman–Crippen LogP) is 5.34. The maximum Gasteiger partial charge on any atom is 0.269 e. The van der Waals surface area contributed by atoms with Crippen LogP contribution in [0.2, 0.25) is 0 Å². The molecular weight excluding hydrogens is 410 g/mol. The second-order valence-electron chi connectivity index (χ2n) is 7.53. The maximum atomic E-state index is 11.0. The molecule has 162 valence electrons. The van der Waals surface area contributed by atoms with Gasteiger partial charge < -0.3 is 0 Å². The van der Waals surface area contributed by atoms with Crippen molar-refractivity contribution in [2.45, 2.75) is 25.0 Å². The lowest BCUT2D eigenvalue weighted by Crippen LogP contribution is -2.29. The van der Waals surface area contributed by atoms with Crippen molar-refractivity contribution in [3.63, 3.8) is 0 Å². The van der Waals surface area contributed by atoms with Gasteiger partial charge in [0.15, 0.2) is 0 Å². The molecule has 3 aromatic rings. The number of benzene rings is 3. The third kappa shape index (κ3) is 4.98. The first-order chi connectivity index (χ1) is 15.5. The van der Waals surface area contributed by atoms with Gasteiger partial charge in [-0.25, -0.2) is 0 Å². The van der Waals surface area contributed by atoms with Crippen molar-refractivity contribution < 1.29 is 14.7 Å². The molecule has 1 heterocycles. The highest BCUT2D eigenvalue weighted by Gasteiger charge is 2.33. The lowest BCUT2D eigenvalue weighted by molar-refractivity contribution is -0.385. The Kier molecular flexibility index (Phi) is 6.23. The molecule has 0 N–H and O–H groups in total. The van der Waals surface area contributed by atoms with Crippen molar-refractivity contribution in [3.05, 3.63) is 116 Å². The van der Waals surface area contributed by atoms with Crippen molar-refractivity contribution in [3.8, 4) is 0 Å². The van der Waals surface area contributed by atoms with Gasteiger partial charge in [0.2, 0.25) is 0 Å². The number of nitrogens with zero attached hydrogens (tertiary/aromatic N) is 3. The molecule has 0 aliphatic carbocycles. The molecule has 0 amide bonds. The average Bonchev–Trinajstić information content (AvgIpc) is 3.21. The number of nitro groups is 2. The Labute approximate surface area is 184 Å². The van der Waals surface area contributed by atoms with Gasteiger partial charge in [-0.15, -0.1) is 0 Å². The summed E-state index contributed by atoms with van der Waals surface area (Å²) in [6, 6.07) is 22.6. The van der Waals surface area contributed by atoms with Gasteiger partial charge in [0.1, 0.15) is 6.10 Å². The van der Waals surface area contributed by atoms with E-state index >= 15 is 0 Å². The van der Waals surface area contributed by atoms with Crippen LogP contribution in [0.1, 0.15) is 17.5 Å². The number of anilines is 1. The van der Waals surface area contributed by atoms with E-state index in [9.17, 15) is 20.2 Å². The van der Waals surface area contributed by atoms with Crippen LogP contribution in [0.3, 0.4) is 0 Å². The van der Waals surface area contributed by atoms with Crippen LogP contribution in [0.15, 0.2) is 84.9 Å². The lowest BCUT2D eigenvalue weighted by atomic mass is 10.00. The smallest absolute Gasteiger partial charge is 0.266 e. The van der Waals surface area contributed by atoms with Crippen LogP contribution in [0.5, 0.6) is 0 Å². The molecule has 8 nitrogen and oxygen atoms in total. The first-order valence-electron chi connectivity index (χ1n) is 10.2. The molecule has 1 fully saturated rings. The number of non-ortho nitro benzene ring substituents is 2. The van der Waals surface area contributed by atoms with E-state index in [4.69, 9.17) is 4.84 Å². The van der Waals surface area contributed by atoms with Crippen LogP contribution in [-0.2, 0) is 11.3 Å². The Balaban J connectivity index is 1.55. The SMILES string of the molecule is O=[N+]([O-])c1ccc(C[C@H]2C[C@@H](/C=C/c3ccccc3)ON2c2ccc([N+](=O)[O-])cc2)cc1. The summed E-state index contributed by atoms with van der Waals surface area (Å²) in [7, 11) is 0. The molecule has 3 aromatic carbocycles. The van der Waals surface area contributed by atoms with E-state index in [2.05, 4.69) is 0 Å². The Morgan fingerprint density at radius 3 is 2.06 bits per heavy atom. The van der Waals surface area contributed by atoms with Gasteiger partial charge in [-0.3, -0.25) is 30.1 Å². The van der Waals surface area contributed by atoms with Crippen molar-refractivity contribution in [2.24, 2.45) is 0 Å².